The lowest BCUT2D eigenvalue weighted by Gasteiger charge is -2.09. The molecule has 20 heavy (non-hydrogen) atoms. The number of hydrogen-bond acceptors (Lipinski definition) is 5. The Morgan fingerprint density at radius 2 is 1.90 bits per heavy atom. The summed E-state index contributed by atoms with van der Waals surface area (Å²) in [6, 6.07) is -0.419. The third kappa shape index (κ3) is 2.58. The first kappa shape index (κ1) is 14.6. The van der Waals surface area contributed by atoms with Gasteiger partial charge in [0.2, 0.25) is 0 Å². The minimum atomic E-state index is -4.00. The highest BCUT2D eigenvalue weighted by atomic mass is 35.7. The molecule has 112 valence electrons. The molecule has 0 radical (unpaired) electrons. The fourth-order valence-electron chi connectivity index (χ4n) is 2.47. The van der Waals surface area contributed by atoms with Crippen LogP contribution in [0.2, 0.25) is 5.15 Å². The summed E-state index contributed by atoms with van der Waals surface area (Å²) in [7, 11) is -1.67. The van der Waals surface area contributed by atoms with E-state index in [1.807, 2.05) is 0 Å². The zero-order valence-corrected chi connectivity index (χ0v) is 13.4. The fourth-order valence-corrected chi connectivity index (χ4v) is 6.07. The average molecular weight is 359 g/mol. The number of sulfone groups is 1. The summed E-state index contributed by atoms with van der Waals surface area (Å²) in [5, 5.41) is 4.16. The van der Waals surface area contributed by atoms with Gasteiger partial charge in [0, 0.05) is 16.6 Å². The maximum Gasteiger partial charge on any atom is 0.266 e. The third-order valence-electron chi connectivity index (χ3n) is 3.60. The van der Waals surface area contributed by atoms with Gasteiger partial charge in [-0.05, 0) is 19.3 Å². The van der Waals surface area contributed by atoms with E-state index in [1.165, 1.54) is 4.68 Å². The van der Waals surface area contributed by atoms with Crippen molar-refractivity contribution in [2.24, 2.45) is 0 Å². The van der Waals surface area contributed by atoms with Gasteiger partial charge in [-0.25, -0.2) is 21.5 Å². The summed E-state index contributed by atoms with van der Waals surface area (Å²) in [6.45, 7) is 0. The minimum absolute atomic E-state index is 0.0512. The van der Waals surface area contributed by atoms with Gasteiger partial charge in [0.1, 0.15) is 10.0 Å². The fraction of sp³-hybridized carbons (Fsp3) is 0.700. The Morgan fingerprint density at radius 3 is 2.35 bits per heavy atom. The molecule has 1 aliphatic carbocycles. The molecular weight excluding hydrogens is 347 g/mol. The van der Waals surface area contributed by atoms with Crippen molar-refractivity contribution in [1.29, 1.82) is 0 Å². The molecule has 1 aromatic heterocycles. The summed E-state index contributed by atoms with van der Waals surface area (Å²) in [5.74, 6) is 0.0471. The third-order valence-corrected chi connectivity index (χ3v) is 7.18. The molecule has 10 heteroatoms. The Hall–Kier alpha value is -0.310. The van der Waals surface area contributed by atoms with E-state index in [1.54, 1.807) is 0 Å². The van der Waals surface area contributed by atoms with E-state index in [0.717, 1.165) is 12.8 Å². The molecular formula is C10H12Cl2N2O4S2. The summed E-state index contributed by atoms with van der Waals surface area (Å²) in [5.41, 5.74) is 0.370. The molecule has 0 bridgehead atoms. The molecule has 0 amide bonds. The Kier molecular flexibility index (Phi) is 3.36. The molecule has 1 atom stereocenters. The van der Waals surface area contributed by atoms with Crippen molar-refractivity contribution in [3.63, 3.8) is 0 Å². The Balaban J connectivity index is 2.10. The van der Waals surface area contributed by atoms with Gasteiger partial charge >= 0.3 is 0 Å². The van der Waals surface area contributed by atoms with E-state index in [9.17, 15) is 16.8 Å². The molecule has 1 aromatic rings. The topological polar surface area (TPSA) is 86.1 Å². The summed E-state index contributed by atoms with van der Waals surface area (Å²) in [4.78, 5) is -0.160. The lowest BCUT2D eigenvalue weighted by molar-refractivity contribution is 0.495. The van der Waals surface area contributed by atoms with Crippen LogP contribution in [0.1, 0.15) is 36.9 Å². The number of halogens is 2. The highest BCUT2D eigenvalue weighted by Crippen LogP contribution is 2.46. The molecule has 1 aliphatic heterocycles. The molecule has 3 rings (SSSR count). The largest absolute Gasteiger partial charge is 0.266 e. The second-order valence-electron chi connectivity index (χ2n) is 5.22. The molecule has 1 saturated heterocycles. The van der Waals surface area contributed by atoms with Crippen LogP contribution in [0.4, 0.5) is 0 Å². The zero-order valence-electron chi connectivity index (χ0n) is 10.3. The summed E-state index contributed by atoms with van der Waals surface area (Å²) >= 11 is 6.10. The van der Waals surface area contributed by atoms with Gasteiger partial charge in [-0.2, -0.15) is 5.10 Å². The van der Waals surface area contributed by atoms with Crippen LogP contribution >= 0.6 is 22.3 Å². The van der Waals surface area contributed by atoms with Crippen LogP contribution in [0, 0.1) is 0 Å². The van der Waals surface area contributed by atoms with Crippen molar-refractivity contribution in [1.82, 2.24) is 9.78 Å². The molecule has 1 saturated carbocycles. The molecule has 0 N–H and O–H groups in total. The van der Waals surface area contributed by atoms with Crippen LogP contribution in [0.3, 0.4) is 0 Å². The number of aromatic nitrogens is 2. The van der Waals surface area contributed by atoms with Crippen LogP contribution in [0.25, 0.3) is 0 Å². The molecule has 0 spiro atoms. The molecule has 0 aromatic carbocycles. The van der Waals surface area contributed by atoms with Crippen molar-refractivity contribution in [2.75, 3.05) is 11.5 Å². The van der Waals surface area contributed by atoms with Gasteiger partial charge < -0.3 is 0 Å². The van der Waals surface area contributed by atoms with Crippen molar-refractivity contribution in [3.05, 3.63) is 10.8 Å². The van der Waals surface area contributed by atoms with Gasteiger partial charge in [-0.15, -0.1) is 0 Å². The summed E-state index contributed by atoms with van der Waals surface area (Å²) in [6.07, 6.45) is 2.07. The maximum atomic E-state index is 11.7. The first-order valence-electron chi connectivity index (χ1n) is 6.12. The standard InChI is InChI=1S/C10H12Cl2N2O4S2/c11-10-9(20(12,17)18)8(6-1-2-6)13-14(10)7-3-4-19(15,16)5-7/h6-7H,1-5H2. The van der Waals surface area contributed by atoms with Gasteiger partial charge in [-0.1, -0.05) is 11.6 Å². The average Bonchev–Trinajstić information content (AvgIpc) is 2.99. The highest BCUT2D eigenvalue weighted by Gasteiger charge is 2.39. The monoisotopic (exact) mass is 358 g/mol. The van der Waals surface area contributed by atoms with E-state index in [2.05, 4.69) is 5.10 Å². The number of rotatable bonds is 3. The molecule has 2 heterocycles. The van der Waals surface area contributed by atoms with Crippen LogP contribution in [-0.2, 0) is 18.9 Å². The predicted octanol–water partition coefficient (Wildman–Crippen LogP) is 1.70. The second kappa shape index (κ2) is 4.59. The SMILES string of the molecule is O=S1(=O)CCC(n2nc(C3CC3)c(S(=O)(=O)Cl)c2Cl)C1. The van der Waals surface area contributed by atoms with E-state index in [0.29, 0.717) is 12.1 Å². The smallest absolute Gasteiger partial charge is 0.248 e. The normalized spacial score (nSPS) is 26.0. The van der Waals surface area contributed by atoms with E-state index in [-0.39, 0.29) is 27.5 Å². The van der Waals surface area contributed by atoms with Gasteiger partial charge in [0.25, 0.3) is 9.05 Å². The van der Waals surface area contributed by atoms with Crippen LogP contribution < -0.4 is 0 Å². The van der Waals surface area contributed by atoms with Crippen molar-refractivity contribution in [3.8, 4) is 0 Å². The predicted molar refractivity (Wildman–Crippen MR) is 74.6 cm³/mol. The van der Waals surface area contributed by atoms with Crippen LogP contribution in [0.15, 0.2) is 4.90 Å². The van der Waals surface area contributed by atoms with Gasteiger partial charge in [-0.3, -0.25) is 0 Å². The van der Waals surface area contributed by atoms with Gasteiger partial charge in [0.15, 0.2) is 9.84 Å². The molecule has 2 fully saturated rings. The van der Waals surface area contributed by atoms with Crippen molar-refractivity contribution in [2.45, 2.75) is 36.1 Å². The maximum absolute atomic E-state index is 11.7. The Labute approximate surface area is 126 Å². The first-order valence-corrected chi connectivity index (χ1v) is 10.6. The van der Waals surface area contributed by atoms with Crippen molar-refractivity contribution < 1.29 is 16.8 Å². The van der Waals surface area contributed by atoms with Crippen molar-refractivity contribution >= 4 is 41.2 Å². The lowest BCUT2D eigenvalue weighted by atomic mass is 10.3. The van der Waals surface area contributed by atoms with Crippen LogP contribution in [-0.4, -0.2) is 38.1 Å². The first-order chi connectivity index (χ1) is 9.19. The van der Waals surface area contributed by atoms with E-state index < -0.39 is 24.9 Å². The minimum Gasteiger partial charge on any atom is -0.248 e. The van der Waals surface area contributed by atoms with Gasteiger partial charge in [0.05, 0.1) is 23.2 Å². The zero-order chi connectivity index (χ0) is 14.7. The van der Waals surface area contributed by atoms with E-state index >= 15 is 0 Å². The quantitative estimate of drug-likeness (QED) is 0.767. The molecule has 2 aliphatic rings. The van der Waals surface area contributed by atoms with E-state index in [4.69, 9.17) is 22.3 Å². The Bertz CT molecular complexity index is 765. The highest BCUT2D eigenvalue weighted by molar-refractivity contribution is 8.13. The molecule has 1 unspecified atom stereocenters. The number of nitrogens with zero attached hydrogens (tertiary/aromatic N) is 2. The number of hydrogen-bond donors (Lipinski definition) is 0. The lowest BCUT2D eigenvalue weighted by Crippen LogP contribution is -2.12. The summed E-state index contributed by atoms with van der Waals surface area (Å²) < 4.78 is 47.7. The van der Waals surface area contributed by atoms with Crippen LogP contribution in [0.5, 0.6) is 0 Å². The molecule has 6 nitrogen and oxygen atoms in total. The second-order valence-corrected chi connectivity index (χ2v) is 10.3. The Morgan fingerprint density at radius 1 is 1.25 bits per heavy atom.